The topological polar surface area (TPSA) is 99.4 Å². The third kappa shape index (κ3) is 4.97. The third-order valence-electron chi connectivity index (χ3n) is 4.23. The Kier molecular flexibility index (Phi) is 6.95. The average molecular weight is 326 g/mol. The van der Waals surface area contributed by atoms with Crippen LogP contribution in [0, 0.1) is 5.92 Å². The summed E-state index contributed by atoms with van der Waals surface area (Å²) in [6.45, 7) is 1.83. The Bertz CT molecular complexity index is 454. The number of aliphatic hydroxyl groups is 4. The Morgan fingerprint density at radius 1 is 1.13 bits per heavy atom. The van der Waals surface area contributed by atoms with Gasteiger partial charge in [0, 0.05) is 0 Å². The fraction of sp³-hybridized carbons (Fsp3) is 0.647. The molecule has 2 rings (SSSR count). The molecule has 0 aliphatic heterocycles. The van der Waals surface area contributed by atoms with Crippen molar-refractivity contribution in [1.82, 2.24) is 0 Å². The van der Waals surface area contributed by atoms with Crippen molar-refractivity contribution in [3.8, 4) is 0 Å². The predicted octanol–water partition coefficient (Wildman–Crippen LogP) is 0.0718. The SMILES string of the molecule is C[C@@H]1C[C@@H](OC[C@@H](O)CO)[C@@H](O)[C@H](O)[C@@H]1OCc1ccccc1. The van der Waals surface area contributed by atoms with Gasteiger partial charge in [0.2, 0.25) is 0 Å². The van der Waals surface area contributed by atoms with Gasteiger partial charge in [-0.2, -0.15) is 0 Å². The monoisotopic (exact) mass is 326 g/mol. The molecule has 1 saturated carbocycles. The van der Waals surface area contributed by atoms with E-state index in [0.717, 1.165) is 5.56 Å². The number of ether oxygens (including phenoxy) is 2. The van der Waals surface area contributed by atoms with Crippen molar-refractivity contribution in [2.24, 2.45) is 5.92 Å². The summed E-state index contributed by atoms with van der Waals surface area (Å²) in [6, 6.07) is 9.65. The molecule has 0 heterocycles. The molecule has 23 heavy (non-hydrogen) atoms. The van der Waals surface area contributed by atoms with Crippen molar-refractivity contribution < 1.29 is 29.9 Å². The van der Waals surface area contributed by atoms with Gasteiger partial charge in [-0.05, 0) is 17.9 Å². The minimum atomic E-state index is -1.09. The van der Waals surface area contributed by atoms with Crippen LogP contribution < -0.4 is 0 Å². The van der Waals surface area contributed by atoms with Crippen LogP contribution in [-0.2, 0) is 16.1 Å². The second-order valence-corrected chi connectivity index (χ2v) is 6.16. The second kappa shape index (κ2) is 8.73. The van der Waals surface area contributed by atoms with Crippen molar-refractivity contribution in [1.29, 1.82) is 0 Å². The van der Waals surface area contributed by atoms with Gasteiger partial charge in [0.05, 0.1) is 32.0 Å². The van der Waals surface area contributed by atoms with Crippen LogP contribution in [0.4, 0.5) is 0 Å². The van der Waals surface area contributed by atoms with Crippen molar-refractivity contribution in [3.05, 3.63) is 35.9 Å². The van der Waals surface area contributed by atoms with Gasteiger partial charge in [-0.25, -0.2) is 0 Å². The quantitative estimate of drug-likeness (QED) is 0.566. The Morgan fingerprint density at radius 2 is 1.83 bits per heavy atom. The Labute approximate surface area is 136 Å². The number of hydrogen-bond donors (Lipinski definition) is 4. The molecule has 0 amide bonds. The lowest BCUT2D eigenvalue weighted by molar-refractivity contribution is -0.193. The minimum absolute atomic E-state index is 0.00613. The average Bonchev–Trinajstić information content (AvgIpc) is 2.57. The van der Waals surface area contributed by atoms with Gasteiger partial charge in [0.1, 0.15) is 18.3 Å². The Balaban J connectivity index is 1.89. The summed E-state index contributed by atoms with van der Waals surface area (Å²) in [4.78, 5) is 0. The van der Waals surface area contributed by atoms with E-state index in [2.05, 4.69) is 0 Å². The van der Waals surface area contributed by atoms with E-state index in [4.69, 9.17) is 14.6 Å². The van der Waals surface area contributed by atoms with Gasteiger partial charge in [-0.3, -0.25) is 0 Å². The van der Waals surface area contributed by atoms with E-state index in [1.165, 1.54) is 0 Å². The molecule has 1 aromatic rings. The molecule has 1 fully saturated rings. The molecule has 6 atom stereocenters. The summed E-state index contributed by atoms with van der Waals surface area (Å²) in [6.07, 6.45) is -3.68. The van der Waals surface area contributed by atoms with Crippen LogP contribution >= 0.6 is 0 Å². The standard InChI is InChI=1S/C17H26O6/c1-11-7-14(22-10-13(19)8-18)15(20)16(21)17(11)23-9-12-5-3-2-4-6-12/h2-6,11,13-21H,7-10H2,1H3/t11-,13+,14-,15-,16+,17-/m1/s1. The van der Waals surface area contributed by atoms with Gasteiger partial charge in [0.15, 0.2) is 0 Å². The summed E-state index contributed by atoms with van der Waals surface area (Å²) in [7, 11) is 0. The first kappa shape index (κ1) is 18.3. The predicted molar refractivity (Wildman–Crippen MR) is 83.6 cm³/mol. The van der Waals surface area contributed by atoms with Gasteiger partial charge in [0.25, 0.3) is 0 Å². The van der Waals surface area contributed by atoms with E-state index in [9.17, 15) is 15.3 Å². The number of hydrogen-bond acceptors (Lipinski definition) is 6. The molecule has 1 aromatic carbocycles. The molecule has 1 aliphatic carbocycles. The van der Waals surface area contributed by atoms with E-state index in [1.807, 2.05) is 37.3 Å². The molecule has 0 spiro atoms. The van der Waals surface area contributed by atoms with Crippen LogP contribution in [0.5, 0.6) is 0 Å². The molecule has 0 bridgehead atoms. The van der Waals surface area contributed by atoms with Crippen LogP contribution in [0.1, 0.15) is 18.9 Å². The van der Waals surface area contributed by atoms with Gasteiger partial charge in [-0.1, -0.05) is 37.3 Å². The molecule has 0 aromatic heterocycles. The lowest BCUT2D eigenvalue weighted by Crippen LogP contribution is -2.55. The molecule has 0 radical (unpaired) electrons. The number of aliphatic hydroxyl groups excluding tert-OH is 4. The van der Waals surface area contributed by atoms with Crippen LogP contribution in [0.15, 0.2) is 30.3 Å². The first-order valence-electron chi connectivity index (χ1n) is 7.95. The maximum Gasteiger partial charge on any atom is 0.109 e. The van der Waals surface area contributed by atoms with E-state index in [-0.39, 0.29) is 12.5 Å². The van der Waals surface area contributed by atoms with E-state index in [1.54, 1.807) is 0 Å². The minimum Gasteiger partial charge on any atom is -0.394 e. The number of rotatable bonds is 7. The van der Waals surface area contributed by atoms with E-state index >= 15 is 0 Å². The van der Waals surface area contributed by atoms with Crippen LogP contribution in [-0.4, -0.2) is 64.2 Å². The fourth-order valence-corrected chi connectivity index (χ4v) is 2.87. The highest BCUT2D eigenvalue weighted by molar-refractivity contribution is 5.13. The first-order valence-corrected chi connectivity index (χ1v) is 7.95. The summed E-state index contributed by atoms with van der Waals surface area (Å²) >= 11 is 0. The molecule has 130 valence electrons. The second-order valence-electron chi connectivity index (χ2n) is 6.16. The van der Waals surface area contributed by atoms with E-state index < -0.39 is 37.1 Å². The summed E-state index contributed by atoms with van der Waals surface area (Å²) in [5.74, 6) is -0.00613. The van der Waals surface area contributed by atoms with Crippen molar-refractivity contribution >= 4 is 0 Å². The highest BCUT2D eigenvalue weighted by Gasteiger charge is 2.43. The molecule has 6 nitrogen and oxygen atoms in total. The summed E-state index contributed by atoms with van der Waals surface area (Å²) < 4.78 is 11.2. The maximum absolute atomic E-state index is 10.3. The number of benzene rings is 1. The first-order chi connectivity index (χ1) is 11.0. The molecule has 4 N–H and O–H groups in total. The Morgan fingerprint density at radius 3 is 2.48 bits per heavy atom. The molecule has 0 unspecified atom stereocenters. The lowest BCUT2D eigenvalue weighted by atomic mass is 9.81. The molecule has 0 saturated heterocycles. The van der Waals surface area contributed by atoms with Crippen molar-refractivity contribution in [3.63, 3.8) is 0 Å². The molecular weight excluding hydrogens is 300 g/mol. The third-order valence-corrected chi connectivity index (χ3v) is 4.23. The largest absolute Gasteiger partial charge is 0.394 e. The van der Waals surface area contributed by atoms with Crippen LogP contribution in [0.3, 0.4) is 0 Å². The lowest BCUT2D eigenvalue weighted by Gasteiger charge is -2.41. The summed E-state index contributed by atoms with van der Waals surface area (Å²) in [5, 5.41) is 38.6. The maximum atomic E-state index is 10.3. The highest BCUT2D eigenvalue weighted by Crippen LogP contribution is 2.30. The van der Waals surface area contributed by atoms with Gasteiger partial charge < -0.3 is 29.9 Å². The normalized spacial score (nSPS) is 32.7. The van der Waals surface area contributed by atoms with Gasteiger partial charge >= 0.3 is 0 Å². The smallest absolute Gasteiger partial charge is 0.109 e. The van der Waals surface area contributed by atoms with Crippen molar-refractivity contribution in [2.45, 2.75) is 50.5 Å². The molecule has 6 heteroatoms. The van der Waals surface area contributed by atoms with Crippen LogP contribution in [0.25, 0.3) is 0 Å². The molecule has 1 aliphatic rings. The zero-order valence-electron chi connectivity index (χ0n) is 13.3. The highest BCUT2D eigenvalue weighted by atomic mass is 16.5. The molecular formula is C17H26O6. The summed E-state index contributed by atoms with van der Waals surface area (Å²) in [5.41, 5.74) is 1.01. The van der Waals surface area contributed by atoms with Crippen LogP contribution in [0.2, 0.25) is 0 Å². The fourth-order valence-electron chi connectivity index (χ4n) is 2.87. The van der Waals surface area contributed by atoms with Crippen molar-refractivity contribution in [2.75, 3.05) is 13.2 Å². The van der Waals surface area contributed by atoms with E-state index in [0.29, 0.717) is 13.0 Å². The van der Waals surface area contributed by atoms with Gasteiger partial charge in [-0.15, -0.1) is 0 Å². The zero-order valence-corrected chi connectivity index (χ0v) is 13.3. The zero-order chi connectivity index (χ0) is 16.8. The Hall–Kier alpha value is -1.02.